The Labute approximate surface area is 123 Å². The lowest BCUT2D eigenvalue weighted by atomic mass is 9.86. The Morgan fingerprint density at radius 2 is 2.19 bits per heavy atom. The molecule has 1 aromatic heterocycles. The van der Waals surface area contributed by atoms with Crippen LogP contribution in [0.5, 0.6) is 5.75 Å². The summed E-state index contributed by atoms with van der Waals surface area (Å²) in [4.78, 5) is 15.8. The summed E-state index contributed by atoms with van der Waals surface area (Å²) in [6, 6.07) is 6.56. The average Bonchev–Trinajstić information content (AvgIpc) is 3.25. The summed E-state index contributed by atoms with van der Waals surface area (Å²) >= 11 is 0. The molecule has 0 saturated heterocycles. The minimum Gasteiger partial charge on any atom is -0.497 e. The molecule has 110 valence electrons. The molecule has 1 aromatic carbocycles. The highest BCUT2D eigenvalue weighted by molar-refractivity contribution is 5.88. The van der Waals surface area contributed by atoms with Gasteiger partial charge in [-0.3, -0.25) is 4.79 Å². The number of fused-ring (bicyclic) bond motifs is 3. The summed E-state index contributed by atoms with van der Waals surface area (Å²) in [6.07, 6.45) is 5.02. The van der Waals surface area contributed by atoms with Crippen molar-refractivity contribution in [3.05, 3.63) is 29.5 Å². The van der Waals surface area contributed by atoms with E-state index in [1.54, 1.807) is 7.11 Å². The Bertz CT molecular complexity index is 700. The number of ether oxygens (including phenoxy) is 1. The third-order valence-electron chi connectivity index (χ3n) is 4.69. The molecule has 4 rings (SSSR count). The molecule has 2 N–H and O–H groups in total. The number of carbonyl (C=O) groups is 1. The number of hydrogen-bond donors (Lipinski definition) is 2. The Hall–Kier alpha value is -1.97. The second kappa shape index (κ2) is 4.79. The van der Waals surface area contributed by atoms with Crippen LogP contribution >= 0.6 is 0 Å². The van der Waals surface area contributed by atoms with Gasteiger partial charge in [0.15, 0.2) is 0 Å². The van der Waals surface area contributed by atoms with Crippen LogP contribution in [-0.2, 0) is 17.6 Å². The van der Waals surface area contributed by atoms with E-state index in [2.05, 4.69) is 22.4 Å². The summed E-state index contributed by atoms with van der Waals surface area (Å²) in [7, 11) is 1.69. The number of aryl methyl sites for hydroxylation is 1. The Morgan fingerprint density at radius 1 is 1.33 bits per heavy atom. The van der Waals surface area contributed by atoms with Gasteiger partial charge in [0.25, 0.3) is 0 Å². The lowest BCUT2D eigenvalue weighted by Gasteiger charge is -2.21. The third-order valence-corrected chi connectivity index (χ3v) is 4.69. The van der Waals surface area contributed by atoms with E-state index in [-0.39, 0.29) is 11.8 Å². The van der Waals surface area contributed by atoms with Crippen molar-refractivity contribution in [3.63, 3.8) is 0 Å². The van der Waals surface area contributed by atoms with Crippen LogP contribution in [0.15, 0.2) is 18.2 Å². The maximum atomic E-state index is 12.3. The number of H-pyrrole nitrogens is 1. The van der Waals surface area contributed by atoms with Crippen molar-refractivity contribution in [1.29, 1.82) is 0 Å². The number of amides is 1. The van der Waals surface area contributed by atoms with Gasteiger partial charge in [-0.25, -0.2) is 0 Å². The van der Waals surface area contributed by atoms with Gasteiger partial charge in [0, 0.05) is 28.6 Å². The fourth-order valence-electron chi connectivity index (χ4n) is 3.29. The van der Waals surface area contributed by atoms with Crippen molar-refractivity contribution < 1.29 is 9.53 Å². The zero-order valence-electron chi connectivity index (χ0n) is 12.2. The third kappa shape index (κ3) is 2.28. The molecule has 1 unspecified atom stereocenters. The summed E-state index contributed by atoms with van der Waals surface area (Å²) in [5.41, 5.74) is 3.73. The Balaban J connectivity index is 1.64. The fraction of sp³-hybridized carbons (Fsp3) is 0.471. The van der Waals surface area contributed by atoms with Crippen molar-refractivity contribution >= 4 is 16.8 Å². The standard InChI is InChI=1S/C17H20N2O2/c1-21-12-5-7-16-14(9-12)13-8-10(2-6-15(13)19-16)17(20)18-11-3-4-11/h5,7,9-11,19H,2-4,6,8H2,1H3,(H,18,20). The monoisotopic (exact) mass is 284 g/mol. The molecular formula is C17H20N2O2. The number of hydrogen-bond acceptors (Lipinski definition) is 2. The van der Waals surface area contributed by atoms with Crippen molar-refractivity contribution in [1.82, 2.24) is 10.3 Å². The first-order valence-electron chi connectivity index (χ1n) is 7.72. The molecule has 4 nitrogen and oxygen atoms in total. The van der Waals surface area contributed by atoms with Crippen molar-refractivity contribution in [2.45, 2.75) is 38.1 Å². The predicted molar refractivity (Wildman–Crippen MR) is 81.5 cm³/mol. The number of rotatable bonds is 3. The van der Waals surface area contributed by atoms with Crippen molar-refractivity contribution in [3.8, 4) is 5.75 Å². The maximum absolute atomic E-state index is 12.3. The molecule has 0 radical (unpaired) electrons. The molecule has 21 heavy (non-hydrogen) atoms. The highest BCUT2D eigenvalue weighted by Crippen LogP contribution is 2.34. The molecule has 0 spiro atoms. The Kier molecular flexibility index (Phi) is 2.91. The van der Waals surface area contributed by atoms with Crippen LogP contribution in [0.2, 0.25) is 0 Å². The topological polar surface area (TPSA) is 54.1 Å². The molecule has 1 saturated carbocycles. The summed E-state index contributed by atoms with van der Waals surface area (Å²) in [5.74, 6) is 1.22. The van der Waals surface area contributed by atoms with Crippen LogP contribution in [0.25, 0.3) is 10.9 Å². The minimum atomic E-state index is 0.114. The van der Waals surface area contributed by atoms with Crippen LogP contribution in [0.3, 0.4) is 0 Å². The molecule has 1 heterocycles. The highest BCUT2D eigenvalue weighted by atomic mass is 16.5. The van der Waals surface area contributed by atoms with Gasteiger partial charge in [0.2, 0.25) is 5.91 Å². The summed E-state index contributed by atoms with van der Waals surface area (Å²) < 4.78 is 5.32. The number of aromatic amines is 1. The molecule has 1 amide bonds. The smallest absolute Gasteiger partial charge is 0.223 e. The van der Waals surface area contributed by atoms with Crippen molar-refractivity contribution in [2.75, 3.05) is 7.11 Å². The normalized spacial score (nSPS) is 21.1. The number of carbonyl (C=O) groups excluding carboxylic acids is 1. The van der Waals surface area contributed by atoms with Gasteiger partial charge in [-0.15, -0.1) is 0 Å². The van der Waals surface area contributed by atoms with E-state index in [0.717, 1.165) is 43.4 Å². The van der Waals surface area contributed by atoms with E-state index in [9.17, 15) is 4.79 Å². The van der Waals surface area contributed by atoms with Gasteiger partial charge >= 0.3 is 0 Å². The largest absolute Gasteiger partial charge is 0.497 e. The van der Waals surface area contributed by atoms with Crippen LogP contribution < -0.4 is 10.1 Å². The van der Waals surface area contributed by atoms with E-state index in [1.807, 2.05) is 6.07 Å². The quantitative estimate of drug-likeness (QED) is 0.910. The highest BCUT2D eigenvalue weighted by Gasteiger charge is 2.31. The summed E-state index contributed by atoms with van der Waals surface area (Å²) in [6.45, 7) is 0. The Morgan fingerprint density at radius 3 is 2.95 bits per heavy atom. The van der Waals surface area contributed by atoms with Crippen molar-refractivity contribution in [2.24, 2.45) is 5.92 Å². The van der Waals surface area contributed by atoms with Crippen LogP contribution in [0.4, 0.5) is 0 Å². The predicted octanol–water partition coefficient (Wildman–Crippen LogP) is 2.56. The molecule has 1 fully saturated rings. The van der Waals surface area contributed by atoms with E-state index >= 15 is 0 Å². The average molecular weight is 284 g/mol. The van der Waals surface area contributed by atoms with Gasteiger partial charge in [0.1, 0.15) is 5.75 Å². The van der Waals surface area contributed by atoms with Crippen LogP contribution in [0, 0.1) is 5.92 Å². The molecule has 4 heteroatoms. The van der Waals surface area contributed by atoms with E-state index in [0.29, 0.717) is 6.04 Å². The van der Waals surface area contributed by atoms with Gasteiger partial charge < -0.3 is 15.0 Å². The fourth-order valence-corrected chi connectivity index (χ4v) is 3.29. The SMILES string of the molecule is COc1ccc2[nH]c3c(c2c1)CC(C(=O)NC1CC1)CC3. The van der Waals surface area contributed by atoms with Crippen LogP contribution in [0.1, 0.15) is 30.5 Å². The van der Waals surface area contributed by atoms with E-state index in [1.165, 1.54) is 16.6 Å². The maximum Gasteiger partial charge on any atom is 0.223 e. The zero-order chi connectivity index (χ0) is 14.4. The van der Waals surface area contributed by atoms with Gasteiger partial charge in [0.05, 0.1) is 7.11 Å². The zero-order valence-corrected chi connectivity index (χ0v) is 12.2. The van der Waals surface area contributed by atoms with Gasteiger partial charge in [-0.05, 0) is 55.9 Å². The second-order valence-electron chi connectivity index (χ2n) is 6.22. The first-order chi connectivity index (χ1) is 10.2. The van der Waals surface area contributed by atoms with Gasteiger partial charge in [-0.1, -0.05) is 0 Å². The lowest BCUT2D eigenvalue weighted by Crippen LogP contribution is -2.35. The first kappa shape index (κ1) is 12.7. The lowest BCUT2D eigenvalue weighted by molar-refractivity contribution is -0.125. The van der Waals surface area contributed by atoms with Crippen LogP contribution in [-0.4, -0.2) is 24.0 Å². The van der Waals surface area contributed by atoms with E-state index in [4.69, 9.17) is 4.74 Å². The first-order valence-corrected chi connectivity index (χ1v) is 7.72. The molecule has 0 bridgehead atoms. The molecule has 2 aromatic rings. The molecular weight excluding hydrogens is 264 g/mol. The number of methoxy groups -OCH3 is 1. The minimum absolute atomic E-state index is 0.114. The second-order valence-corrected chi connectivity index (χ2v) is 6.22. The molecule has 2 aliphatic carbocycles. The van der Waals surface area contributed by atoms with Gasteiger partial charge in [-0.2, -0.15) is 0 Å². The molecule has 0 aliphatic heterocycles. The molecule has 1 atom stereocenters. The van der Waals surface area contributed by atoms with E-state index < -0.39 is 0 Å². The summed E-state index contributed by atoms with van der Waals surface area (Å²) in [5, 5.41) is 4.35. The number of aromatic nitrogens is 1. The molecule has 2 aliphatic rings. The number of nitrogens with one attached hydrogen (secondary N) is 2. The number of benzene rings is 1.